The number of carbonyl (C=O) groups is 1. The van der Waals surface area contributed by atoms with Crippen molar-refractivity contribution < 1.29 is 4.79 Å². The predicted molar refractivity (Wildman–Crippen MR) is 72.2 cm³/mol. The molecule has 0 aliphatic rings. The number of benzene rings is 1. The number of amides is 1. The summed E-state index contributed by atoms with van der Waals surface area (Å²) >= 11 is 0. The lowest BCUT2D eigenvalue weighted by Gasteiger charge is -2.21. The highest BCUT2D eigenvalue weighted by atomic mass is 16.2. The third-order valence-corrected chi connectivity index (χ3v) is 2.97. The van der Waals surface area contributed by atoms with Crippen LogP contribution in [-0.2, 0) is 11.2 Å². The zero-order chi connectivity index (χ0) is 12.8. The maximum absolute atomic E-state index is 11.7. The van der Waals surface area contributed by atoms with E-state index >= 15 is 0 Å². The number of hydrogen-bond acceptors (Lipinski definition) is 2. The van der Waals surface area contributed by atoms with Crippen molar-refractivity contribution in [1.29, 1.82) is 0 Å². The quantitative estimate of drug-likeness (QED) is 0.849. The van der Waals surface area contributed by atoms with E-state index in [0.29, 0.717) is 6.54 Å². The summed E-state index contributed by atoms with van der Waals surface area (Å²) in [6.07, 6.45) is 1.04. The molecule has 1 N–H and O–H groups in total. The molecule has 94 valence electrons. The first-order chi connectivity index (χ1) is 8.04. The van der Waals surface area contributed by atoms with Crippen molar-refractivity contribution in [2.75, 3.05) is 18.9 Å². The van der Waals surface area contributed by atoms with Crippen molar-refractivity contribution in [3.05, 3.63) is 29.8 Å². The van der Waals surface area contributed by atoms with Crippen LogP contribution in [0, 0.1) is 0 Å². The molecule has 0 bridgehead atoms. The molecule has 0 atom stereocenters. The van der Waals surface area contributed by atoms with Crippen LogP contribution in [0.3, 0.4) is 0 Å². The third kappa shape index (κ3) is 4.10. The number of carbonyl (C=O) groups excluding carboxylic acids is 1. The van der Waals surface area contributed by atoms with E-state index in [0.717, 1.165) is 12.1 Å². The van der Waals surface area contributed by atoms with Gasteiger partial charge in [0, 0.05) is 18.8 Å². The van der Waals surface area contributed by atoms with Gasteiger partial charge in [-0.05, 0) is 38.0 Å². The molecule has 0 aromatic heterocycles. The zero-order valence-corrected chi connectivity index (χ0v) is 11.2. The highest BCUT2D eigenvalue weighted by Gasteiger charge is 2.10. The van der Waals surface area contributed by atoms with E-state index in [2.05, 4.69) is 24.4 Å². The Labute approximate surface area is 104 Å². The Kier molecular flexibility index (Phi) is 5.01. The van der Waals surface area contributed by atoms with Crippen LogP contribution >= 0.6 is 0 Å². The summed E-state index contributed by atoms with van der Waals surface area (Å²) in [6.45, 7) is 6.49. The molecule has 3 nitrogen and oxygen atoms in total. The van der Waals surface area contributed by atoms with Gasteiger partial charge in [0.2, 0.25) is 5.91 Å². The van der Waals surface area contributed by atoms with Crippen LogP contribution in [0.15, 0.2) is 24.3 Å². The second-order valence-electron chi connectivity index (χ2n) is 4.50. The monoisotopic (exact) mass is 234 g/mol. The molecule has 3 heteroatoms. The first-order valence-electron chi connectivity index (χ1n) is 6.13. The van der Waals surface area contributed by atoms with Crippen molar-refractivity contribution in [2.24, 2.45) is 0 Å². The molecule has 17 heavy (non-hydrogen) atoms. The van der Waals surface area contributed by atoms with Crippen LogP contribution in [0.5, 0.6) is 0 Å². The summed E-state index contributed by atoms with van der Waals surface area (Å²) in [6, 6.07) is 8.44. The number of aryl methyl sites for hydroxylation is 1. The molecule has 0 aliphatic heterocycles. The highest BCUT2D eigenvalue weighted by molar-refractivity contribution is 5.80. The molecule has 1 aromatic rings. The number of nitrogens with one attached hydrogen (secondary N) is 1. The predicted octanol–water partition coefficient (Wildman–Crippen LogP) is 2.53. The van der Waals surface area contributed by atoms with Gasteiger partial charge in [-0.25, -0.2) is 0 Å². The van der Waals surface area contributed by atoms with Gasteiger partial charge in [-0.15, -0.1) is 0 Å². The fourth-order valence-corrected chi connectivity index (χ4v) is 1.45. The van der Waals surface area contributed by atoms with Crippen LogP contribution in [0.1, 0.15) is 26.3 Å². The standard InChI is InChI=1S/C14H22N2O/c1-5-12-6-8-13(9-7-12)15-10-14(17)16(4)11(2)3/h6-9,11,15H,5,10H2,1-4H3. The molecule has 0 radical (unpaired) electrons. The molecule has 0 spiro atoms. The molecule has 0 aliphatic carbocycles. The maximum atomic E-state index is 11.7. The topological polar surface area (TPSA) is 32.3 Å². The Balaban J connectivity index is 2.47. The number of nitrogens with zero attached hydrogens (tertiary/aromatic N) is 1. The van der Waals surface area contributed by atoms with Gasteiger partial charge in [0.05, 0.1) is 6.54 Å². The first kappa shape index (κ1) is 13.6. The van der Waals surface area contributed by atoms with E-state index in [-0.39, 0.29) is 11.9 Å². The van der Waals surface area contributed by atoms with Crippen molar-refractivity contribution >= 4 is 11.6 Å². The van der Waals surface area contributed by atoms with Gasteiger partial charge < -0.3 is 10.2 Å². The largest absolute Gasteiger partial charge is 0.376 e. The average molecular weight is 234 g/mol. The van der Waals surface area contributed by atoms with Gasteiger partial charge in [0.1, 0.15) is 0 Å². The van der Waals surface area contributed by atoms with Crippen molar-refractivity contribution in [3.8, 4) is 0 Å². The average Bonchev–Trinajstić information content (AvgIpc) is 2.35. The Morgan fingerprint density at radius 1 is 1.29 bits per heavy atom. The zero-order valence-electron chi connectivity index (χ0n) is 11.2. The van der Waals surface area contributed by atoms with Gasteiger partial charge >= 0.3 is 0 Å². The molecule has 0 saturated heterocycles. The molecule has 0 saturated carbocycles. The van der Waals surface area contributed by atoms with Gasteiger partial charge in [0.15, 0.2) is 0 Å². The van der Waals surface area contributed by atoms with Gasteiger partial charge in [-0.3, -0.25) is 4.79 Å². The minimum absolute atomic E-state index is 0.111. The fourth-order valence-electron chi connectivity index (χ4n) is 1.45. The van der Waals surface area contributed by atoms with Crippen LogP contribution in [0.2, 0.25) is 0 Å². The van der Waals surface area contributed by atoms with E-state index in [9.17, 15) is 4.79 Å². The van der Waals surface area contributed by atoms with Gasteiger partial charge in [-0.1, -0.05) is 19.1 Å². The minimum Gasteiger partial charge on any atom is -0.376 e. The van der Waals surface area contributed by atoms with Crippen LogP contribution < -0.4 is 5.32 Å². The Bertz CT molecular complexity index is 357. The molecular formula is C14H22N2O. The van der Waals surface area contributed by atoms with Crippen molar-refractivity contribution in [3.63, 3.8) is 0 Å². The summed E-state index contributed by atoms with van der Waals surface area (Å²) in [5, 5.41) is 3.14. The number of rotatable bonds is 5. The van der Waals surface area contributed by atoms with E-state index in [1.807, 2.05) is 33.0 Å². The Morgan fingerprint density at radius 3 is 2.35 bits per heavy atom. The second-order valence-corrected chi connectivity index (χ2v) is 4.50. The number of anilines is 1. The van der Waals surface area contributed by atoms with Gasteiger partial charge in [0.25, 0.3) is 0 Å². The first-order valence-corrected chi connectivity index (χ1v) is 6.13. The van der Waals surface area contributed by atoms with E-state index < -0.39 is 0 Å². The summed E-state index contributed by atoms with van der Waals surface area (Å²) in [4.78, 5) is 13.5. The van der Waals surface area contributed by atoms with E-state index in [1.54, 1.807) is 4.90 Å². The van der Waals surface area contributed by atoms with Crippen LogP contribution in [0.4, 0.5) is 5.69 Å². The molecular weight excluding hydrogens is 212 g/mol. The van der Waals surface area contributed by atoms with Crippen molar-refractivity contribution in [2.45, 2.75) is 33.2 Å². The summed E-state index contributed by atoms with van der Waals surface area (Å²) < 4.78 is 0. The molecule has 0 unspecified atom stereocenters. The minimum atomic E-state index is 0.111. The summed E-state index contributed by atoms with van der Waals surface area (Å²) in [5.74, 6) is 0.111. The lowest BCUT2D eigenvalue weighted by Crippen LogP contribution is -2.37. The SMILES string of the molecule is CCc1ccc(NCC(=O)N(C)C(C)C)cc1. The van der Waals surface area contributed by atoms with Crippen molar-refractivity contribution in [1.82, 2.24) is 4.90 Å². The summed E-state index contributed by atoms with van der Waals surface area (Å²) in [5.41, 5.74) is 2.30. The Hall–Kier alpha value is -1.51. The number of likely N-dealkylation sites (N-methyl/N-ethyl adjacent to an activating group) is 1. The molecule has 1 rings (SSSR count). The summed E-state index contributed by atoms with van der Waals surface area (Å²) in [7, 11) is 1.83. The molecule has 1 aromatic carbocycles. The molecule has 1 amide bonds. The van der Waals surface area contributed by atoms with E-state index in [1.165, 1.54) is 5.56 Å². The molecule has 0 heterocycles. The number of hydrogen-bond donors (Lipinski definition) is 1. The lowest BCUT2D eigenvalue weighted by atomic mass is 10.1. The second kappa shape index (κ2) is 6.28. The maximum Gasteiger partial charge on any atom is 0.241 e. The van der Waals surface area contributed by atoms with Gasteiger partial charge in [-0.2, -0.15) is 0 Å². The van der Waals surface area contributed by atoms with E-state index in [4.69, 9.17) is 0 Å². The Morgan fingerprint density at radius 2 is 1.88 bits per heavy atom. The normalized spacial score (nSPS) is 10.4. The lowest BCUT2D eigenvalue weighted by molar-refractivity contribution is -0.129. The smallest absolute Gasteiger partial charge is 0.241 e. The van der Waals surface area contributed by atoms with Crippen LogP contribution in [-0.4, -0.2) is 30.4 Å². The highest BCUT2D eigenvalue weighted by Crippen LogP contribution is 2.09. The van der Waals surface area contributed by atoms with Crippen LogP contribution in [0.25, 0.3) is 0 Å². The molecule has 0 fully saturated rings. The fraction of sp³-hybridized carbons (Fsp3) is 0.500. The third-order valence-electron chi connectivity index (χ3n) is 2.97.